The Labute approximate surface area is 121 Å². The molecule has 1 aromatic carbocycles. The maximum Gasteiger partial charge on any atom is 0.305 e. The van der Waals surface area contributed by atoms with Crippen molar-refractivity contribution in [1.82, 2.24) is 4.90 Å². The number of amides is 1. The van der Waals surface area contributed by atoms with Gasteiger partial charge in [0, 0.05) is 12.1 Å². The van der Waals surface area contributed by atoms with E-state index in [1.165, 1.54) is 0 Å². The standard InChI is InChI=1S/C14H15NO6/c16-13(17)6-10-7-19-4-3-15(10)14(18)9-1-2-11-12(5-9)21-8-20-11/h1-2,5,10H,3-4,6-8H2,(H,16,17). The zero-order valence-corrected chi connectivity index (χ0v) is 11.3. The number of nitrogens with zero attached hydrogens (tertiary/aromatic N) is 1. The number of carboxylic acids is 1. The fourth-order valence-electron chi connectivity index (χ4n) is 2.49. The fourth-order valence-corrected chi connectivity index (χ4v) is 2.49. The third-order valence-electron chi connectivity index (χ3n) is 3.52. The van der Waals surface area contributed by atoms with Gasteiger partial charge in [0.15, 0.2) is 11.5 Å². The largest absolute Gasteiger partial charge is 0.481 e. The molecule has 1 aromatic rings. The molecule has 1 saturated heterocycles. The lowest BCUT2D eigenvalue weighted by molar-refractivity contribution is -0.139. The molecule has 21 heavy (non-hydrogen) atoms. The molecule has 0 radical (unpaired) electrons. The van der Waals surface area contributed by atoms with Crippen LogP contribution in [-0.2, 0) is 9.53 Å². The van der Waals surface area contributed by atoms with Crippen LogP contribution in [0.3, 0.4) is 0 Å². The van der Waals surface area contributed by atoms with Gasteiger partial charge < -0.3 is 24.2 Å². The van der Waals surface area contributed by atoms with Crippen molar-refractivity contribution in [3.8, 4) is 11.5 Å². The van der Waals surface area contributed by atoms with Crippen molar-refractivity contribution in [2.24, 2.45) is 0 Å². The van der Waals surface area contributed by atoms with Gasteiger partial charge in [0.2, 0.25) is 6.79 Å². The number of carbonyl (C=O) groups is 2. The molecule has 7 nitrogen and oxygen atoms in total. The third-order valence-corrected chi connectivity index (χ3v) is 3.52. The first-order chi connectivity index (χ1) is 10.1. The molecule has 0 aliphatic carbocycles. The van der Waals surface area contributed by atoms with E-state index in [2.05, 4.69) is 0 Å². The van der Waals surface area contributed by atoms with Gasteiger partial charge in [-0.25, -0.2) is 0 Å². The highest BCUT2D eigenvalue weighted by Gasteiger charge is 2.30. The quantitative estimate of drug-likeness (QED) is 0.884. The van der Waals surface area contributed by atoms with Gasteiger partial charge in [-0.3, -0.25) is 9.59 Å². The second-order valence-corrected chi connectivity index (χ2v) is 4.89. The first-order valence-corrected chi connectivity index (χ1v) is 6.65. The smallest absolute Gasteiger partial charge is 0.305 e. The van der Waals surface area contributed by atoms with Crippen LogP contribution in [0.4, 0.5) is 0 Å². The molecule has 1 unspecified atom stereocenters. The van der Waals surface area contributed by atoms with E-state index in [0.29, 0.717) is 30.2 Å². The fraction of sp³-hybridized carbons (Fsp3) is 0.429. The molecule has 112 valence electrons. The number of benzene rings is 1. The highest BCUT2D eigenvalue weighted by molar-refractivity contribution is 5.95. The molecule has 3 rings (SSSR count). The lowest BCUT2D eigenvalue weighted by atomic mass is 10.1. The Morgan fingerprint density at radius 3 is 2.90 bits per heavy atom. The van der Waals surface area contributed by atoms with E-state index in [4.69, 9.17) is 19.3 Å². The summed E-state index contributed by atoms with van der Waals surface area (Å²) in [7, 11) is 0. The highest BCUT2D eigenvalue weighted by atomic mass is 16.7. The van der Waals surface area contributed by atoms with Crippen molar-refractivity contribution in [3.05, 3.63) is 23.8 Å². The molecule has 7 heteroatoms. The van der Waals surface area contributed by atoms with E-state index in [0.717, 1.165) is 0 Å². The number of hydrogen-bond donors (Lipinski definition) is 1. The van der Waals surface area contributed by atoms with Crippen LogP contribution in [0.5, 0.6) is 11.5 Å². The zero-order chi connectivity index (χ0) is 14.8. The zero-order valence-electron chi connectivity index (χ0n) is 11.3. The predicted molar refractivity (Wildman–Crippen MR) is 70.5 cm³/mol. The first kappa shape index (κ1) is 13.7. The van der Waals surface area contributed by atoms with Crippen LogP contribution in [0.25, 0.3) is 0 Å². The van der Waals surface area contributed by atoms with Crippen molar-refractivity contribution in [2.45, 2.75) is 12.5 Å². The predicted octanol–water partition coefficient (Wildman–Crippen LogP) is 0.731. The molecular weight excluding hydrogens is 278 g/mol. The Morgan fingerprint density at radius 2 is 2.10 bits per heavy atom. The average Bonchev–Trinajstić information content (AvgIpc) is 2.94. The normalized spacial score (nSPS) is 20.4. The number of hydrogen-bond acceptors (Lipinski definition) is 5. The van der Waals surface area contributed by atoms with Crippen molar-refractivity contribution in [2.75, 3.05) is 26.6 Å². The molecule has 2 aliphatic heterocycles. The summed E-state index contributed by atoms with van der Waals surface area (Å²) in [6.45, 7) is 1.17. The maximum atomic E-state index is 12.6. The summed E-state index contributed by atoms with van der Waals surface area (Å²) in [4.78, 5) is 25.0. The Kier molecular flexibility index (Phi) is 3.66. The van der Waals surface area contributed by atoms with Crippen LogP contribution in [0.2, 0.25) is 0 Å². The van der Waals surface area contributed by atoms with Crippen LogP contribution in [0.1, 0.15) is 16.8 Å². The van der Waals surface area contributed by atoms with Crippen LogP contribution in [0.15, 0.2) is 18.2 Å². The molecule has 0 bridgehead atoms. The third kappa shape index (κ3) is 2.78. The number of ether oxygens (including phenoxy) is 3. The Morgan fingerprint density at radius 1 is 1.29 bits per heavy atom. The SMILES string of the molecule is O=C(O)CC1COCCN1C(=O)c1ccc2c(c1)OCO2. The number of carboxylic acid groups (broad SMARTS) is 1. The van der Waals surface area contributed by atoms with E-state index < -0.39 is 12.0 Å². The van der Waals surface area contributed by atoms with Gasteiger partial charge in [-0.1, -0.05) is 0 Å². The topological polar surface area (TPSA) is 85.3 Å². The summed E-state index contributed by atoms with van der Waals surface area (Å²) in [5.74, 6) is -0.0312. The number of morpholine rings is 1. The van der Waals surface area contributed by atoms with Gasteiger partial charge in [0.1, 0.15) is 0 Å². The van der Waals surface area contributed by atoms with E-state index in [-0.39, 0.29) is 25.7 Å². The second kappa shape index (κ2) is 5.61. The molecule has 1 atom stereocenters. The number of aliphatic carboxylic acids is 1. The van der Waals surface area contributed by atoms with E-state index in [9.17, 15) is 9.59 Å². The Balaban J connectivity index is 1.80. The average molecular weight is 293 g/mol. The summed E-state index contributed by atoms with van der Waals surface area (Å²) in [6, 6.07) is 4.51. The minimum atomic E-state index is -0.950. The minimum Gasteiger partial charge on any atom is -0.481 e. The number of rotatable bonds is 3. The van der Waals surface area contributed by atoms with Gasteiger partial charge >= 0.3 is 5.97 Å². The summed E-state index contributed by atoms with van der Waals surface area (Å²) in [5.41, 5.74) is 0.455. The molecule has 0 aromatic heterocycles. The van der Waals surface area contributed by atoms with Crippen molar-refractivity contribution < 1.29 is 28.9 Å². The van der Waals surface area contributed by atoms with Gasteiger partial charge in [0.25, 0.3) is 5.91 Å². The summed E-state index contributed by atoms with van der Waals surface area (Å²) < 4.78 is 15.7. The Hall–Kier alpha value is -2.28. The van der Waals surface area contributed by atoms with Crippen LogP contribution in [-0.4, -0.2) is 54.5 Å². The minimum absolute atomic E-state index is 0.129. The lowest BCUT2D eigenvalue weighted by Crippen LogP contribution is -2.49. The van der Waals surface area contributed by atoms with E-state index >= 15 is 0 Å². The maximum absolute atomic E-state index is 12.6. The Bertz CT molecular complexity index is 573. The molecule has 1 fully saturated rings. The van der Waals surface area contributed by atoms with Gasteiger partial charge in [-0.15, -0.1) is 0 Å². The molecular formula is C14H15NO6. The molecule has 0 saturated carbocycles. The lowest BCUT2D eigenvalue weighted by Gasteiger charge is -2.34. The molecule has 2 heterocycles. The molecule has 1 amide bonds. The highest BCUT2D eigenvalue weighted by Crippen LogP contribution is 2.33. The number of carbonyl (C=O) groups excluding carboxylic acids is 1. The van der Waals surface area contributed by atoms with Crippen molar-refractivity contribution >= 4 is 11.9 Å². The van der Waals surface area contributed by atoms with Gasteiger partial charge in [-0.2, -0.15) is 0 Å². The molecule has 1 N–H and O–H groups in total. The van der Waals surface area contributed by atoms with E-state index in [1.807, 2.05) is 0 Å². The second-order valence-electron chi connectivity index (χ2n) is 4.89. The van der Waals surface area contributed by atoms with Crippen molar-refractivity contribution in [1.29, 1.82) is 0 Å². The van der Waals surface area contributed by atoms with Gasteiger partial charge in [-0.05, 0) is 18.2 Å². The molecule has 0 spiro atoms. The summed E-state index contributed by atoms with van der Waals surface area (Å²) in [5, 5.41) is 8.93. The van der Waals surface area contributed by atoms with Crippen LogP contribution < -0.4 is 9.47 Å². The van der Waals surface area contributed by atoms with Crippen molar-refractivity contribution in [3.63, 3.8) is 0 Å². The van der Waals surface area contributed by atoms with E-state index in [1.54, 1.807) is 23.1 Å². The van der Waals surface area contributed by atoms with Crippen LogP contribution in [0, 0.1) is 0 Å². The van der Waals surface area contributed by atoms with Gasteiger partial charge in [0.05, 0.1) is 25.7 Å². The first-order valence-electron chi connectivity index (χ1n) is 6.65. The molecule has 2 aliphatic rings. The summed E-state index contributed by atoms with van der Waals surface area (Å²) >= 11 is 0. The monoisotopic (exact) mass is 293 g/mol. The van der Waals surface area contributed by atoms with Crippen LogP contribution >= 0.6 is 0 Å². The summed E-state index contributed by atoms with van der Waals surface area (Å²) in [6.07, 6.45) is -0.129. The number of fused-ring (bicyclic) bond motifs is 1.